The Balaban J connectivity index is 2.22. The number of benzene rings is 1. The van der Waals surface area contributed by atoms with E-state index in [1.54, 1.807) is 37.3 Å². The minimum Gasteiger partial charge on any atom is -0.494 e. The van der Waals surface area contributed by atoms with Crippen molar-refractivity contribution < 1.29 is 13.2 Å². The fraction of sp³-hybridized carbons (Fsp3) is 0.231. The molecule has 0 spiro atoms. The van der Waals surface area contributed by atoms with Crippen molar-refractivity contribution >= 4 is 43.0 Å². The highest BCUT2D eigenvalue weighted by molar-refractivity contribution is 9.11. The van der Waals surface area contributed by atoms with Crippen LogP contribution in [0.1, 0.15) is 11.8 Å². The van der Waals surface area contributed by atoms with Crippen LogP contribution in [0.25, 0.3) is 0 Å². The van der Waals surface area contributed by atoms with Gasteiger partial charge in [-0.3, -0.25) is 4.72 Å². The zero-order valence-electron chi connectivity index (χ0n) is 11.0. The maximum Gasteiger partial charge on any atom is 0.263 e. The van der Waals surface area contributed by atoms with E-state index in [1.807, 2.05) is 6.92 Å². The molecule has 0 aliphatic rings. The van der Waals surface area contributed by atoms with Gasteiger partial charge in [0.05, 0.1) is 10.4 Å². The molecule has 2 rings (SSSR count). The first-order chi connectivity index (χ1) is 9.42. The van der Waals surface area contributed by atoms with E-state index in [4.69, 9.17) is 4.74 Å². The molecule has 0 atom stereocenters. The number of nitrogens with one attached hydrogen (secondary N) is 1. The third kappa shape index (κ3) is 3.53. The Kier molecular flexibility index (Phi) is 4.72. The molecule has 1 aromatic carbocycles. The predicted octanol–water partition coefficient (Wildman–Crippen LogP) is 4.02. The molecular formula is C13H14BrNO3S2. The van der Waals surface area contributed by atoms with Crippen LogP contribution in [-0.4, -0.2) is 15.0 Å². The lowest BCUT2D eigenvalue weighted by molar-refractivity contribution is 0.340. The molecule has 2 aromatic rings. The Morgan fingerprint density at radius 1 is 1.30 bits per heavy atom. The van der Waals surface area contributed by atoms with Gasteiger partial charge < -0.3 is 4.74 Å². The molecule has 1 N–H and O–H groups in total. The van der Waals surface area contributed by atoms with E-state index < -0.39 is 10.0 Å². The average molecular weight is 376 g/mol. The van der Waals surface area contributed by atoms with Crippen molar-refractivity contribution in [1.29, 1.82) is 0 Å². The van der Waals surface area contributed by atoms with Gasteiger partial charge >= 0.3 is 0 Å². The van der Waals surface area contributed by atoms with Gasteiger partial charge in [0.1, 0.15) is 10.6 Å². The molecule has 1 heterocycles. The monoisotopic (exact) mass is 375 g/mol. The van der Waals surface area contributed by atoms with E-state index in [1.165, 1.54) is 11.3 Å². The fourth-order valence-corrected chi connectivity index (χ4v) is 5.17. The molecule has 0 unspecified atom stereocenters. The standard InChI is InChI=1S/C13H14BrNO3S2/c1-3-18-11-6-4-10(5-7-11)15-20(16,17)12-8-13(14)19-9(12)2/h4-8,15H,3H2,1-2H3. The lowest BCUT2D eigenvalue weighted by Crippen LogP contribution is -2.13. The highest BCUT2D eigenvalue weighted by Crippen LogP contribution is 2.31. The summed E-state index contributed by atoms with van der Waals surface area (Å²) in [6, 6.07) is 8.44. The SMILES string of the molecule is CCOc1ccc(NS(=O)(=O)c2cc(Br)sc2C)cc1. The Bertz CT molecular complexity index is 693. The largest absolute Gasteiger partial charge is 0.494 e. The summed E-state index contributed by atoms with van der Waals surface area (Å²) in [5.41, 5.74) is 0.509. The summed E-state index contributed by atoms with van der Waals surface area (Å²) < 4.78 is 33.3. The third-order valence-electron chi connectivity index (χ3n) is 2.55. The predicted molar refractivity (Wildman–Crippen MR) is 85.2 cm³/mol. The number of aryl methyl sites for hydroxylation is 1. The van der Waals surface area contributed by atoms with Crippen molar-refractivity contribution in [1.82, 2.24) is 0 Å². The number of halogens is 1. The summed E-state index contributed by atoms with van der Waals surface area (Å²) in [5.74, 6) is 0.713. The molecule has 0 fully saturated rings. The maximum atomic E-state index is 12.3. The quantitative estimate of drug-likeness (QED) is 0.858. The van der Waals surface area contributed by atoms with E-state index in [0.29, 0.717) is 22.9 Å². The molecule has 1 aromatic heterocycles. The van der Waals surface area contributed by atoms with E-state index >= 15 is 0 Å². The molecule has 0 amide bonds. The molecule has 4 nitrogen and oxygen atoms in total. The van der Waals surface area contributed by atoms with Crippen LogP contribution in [0.15, 0.2) is 39.0 Å². The van der Waals surface area contributed by atoms with Gasteiger partial charge in [-0.15, -0.1) is 11.3 Å². The van der Waals surface area contributed by atoms with E-state index in [-0.39, 0.29) is 0 Å². The van der Waals surface area contributed by atoms with Crippen molar-refractivity contribution in [2.24, 2.45) is 0 Å². The van der Waals surface area contributed by atoms with Gasteiger partial charge in [-0.05, 0) is 60.1 Å². The minimum atomic E-state index is -3.56. The lowest BCUT2D eigenvalue weighted by atomic mass is 10.3. The van der Waals surface area contributed by atoms with Crippen LogP contribution in [0.2, 0.25) is 0 Å². The minimum absolute atomic E-state index is 0.295. The molecule has 0 radical (unpaired) electrons. The van der Waals surface area contributed by atoms with Crippen molar-refractivity contribution in [3.8, 4) is 5.75 Å². The number of thiophene rings is 1. The molecule has 108 valence electrons. The topological polar surface area (TPSA) is 55.4 Å². The summed E-state index contributed by atoms with van der Waals surface area (Å²) in [6.07, 6.45) is 0. The molecule has 20 heavy (non-hydrogen) atoms. The number of sulfonamides is 1. The molecule has 0 bridgehead atoms. The number of ether oxygens (including phenoxy) is 1. The Hall–Kier alpha value is -1.05. The molecule has 0 aliphatic carbocycles. The van der Waals surface area contributed by atoms with Crippen LogP contribution in [0.3, 0.4) is 0 Å². The number of hydrogen-bond donors (Lipinski definition) is 1. The second-order valence-corrected chi connectivity index (χ2v) is 8.32. The highest BCUT2D eigenvalue weighted by atomic mass is 79.9. The maximum absolute atomic E-state index is 12.3. The second kappa shape index (κ2) is 6.15. The van der Waals surface area contributed by atoms with Crippen molar-refractivity contribution in [3.63, 3.8) is 0 Å². The first-order valence-corrected chi connectivity index (χ1v) is 9.03. The van der Waals surface area contributed by atoms with Crippen molar-refractivity contribution in [2.75, 3.05) is 11.3 Å². The van der Waals surface area contributed by atoms with E-state index in [0.717, 1.165) is 8.66 Å². The number of rotatable bonds is 5. The summed E-state index contributed by atoms with van der Waals surface area (Å²) in [6.45, 7) is 4.25. The van der Waals surface area contributed by atoms with E-state index in [9.17, 15) is 8.42 Å². The zero-order chi connectivity index (χ0) is 14.8. The van der Waals surface area contributed by atoms with Crippen LogP contribution in [-0.2, 0) is 10.0 Å². The lowest BCUT2D eigenvalue weighted by Gasteiger charge is -2.08. The van der Waals surface area contributed by atoms with Gasteiger partial charge in [-0.1, -0.05) is 0 Å². The van der Waals surface area contributed by atoms with Crippen LogP contribution >= 0.6 is 27.3 Å². The molecular weight excluding hydrogens is 362 g/mol. The van der Waals surface area contributed by atoms with Crippen molar-refractivity contribution in [2.45, 2.75) is 18.7 Å². The summed E-state index contributed by atoms with van der Waals surface area (Å²) in [5, 5.41) is 0. The Morgan fingerprint density at radius 3 is 2.45 bits per heavy atom. The average Bonchev–Trinajstić information content (AvgIpc) is 2.72. The molecule has 0 saturated carbocycles. The molecule has 0 aliphatic heterocycles. The van der Waals surface area contributed by atoms with Gasteiger partial charge in [0.25, 0.3) is 10.0 Å². The number of hydrogen-bond acceptors (Lipinski definition) is 4. The first kappa shape index (κ1) is 15.3. The van der Waals surface area contributed by atoms with Crippen LogP contribution in [0.5, 0.6) is 5.75 Å². The van der Waals surface area contributed by atoms with E-state index in [2.05, 4.69) is 20.7 Å². The summed E-state index contributed by atoms with van der Waals surface area (Å²) >= 11 is 4.69. The molecule has 0 saturated heterocycles. The second-order valence-electron chi connectivity index (χ2n) is 4.03. The van der Waals surface area contributed by atoms with Gasteiger partial charge in [-0.25, -0.2) is 8.42 Å². The van der Waals surface area contributed by atoms with Crippen molar-refractivity contribution in [3.05, 3.63) is 39.0 Å². The van der Waals surface area contributed by atoms with Crippen LogP contribution in [0, 0.1) is 6.92 Å². The third-order valence-corrected chi connectivity index (χ3v) is 5.74. The zero-order valence-corrected chi connectivity index (χ0v) is 14.2. The summed E-state index contributed by atoms with van der Waals surface area (Å²) in [4.78, 5) is 1.04. The first-order valence-electron chi connectivity index (χ1n) is 5.94. The van der Waals surface area contributed by atoms with Gasteiger partial charge in [-0.2, -0.15) is 0 Å². The van der Waals surface area contributed by atoms with Crippen LogP contribution < -0.4 is 9.46 Å². The number of anilines is 1. The van der Waals surface area contributed by atoms with Gasteiger partial charge in [0, 0.05) is 10.6 Å². The highest BCUT2D eigenvalue weighted by Gasteiger charge is 2.19. The molecule has 7 heteroatoms. The smallest absolute Gasteiger partial charge is 0.263 e. The Morgan fingerprint density at radius 2 is 1.95 bits per heavy atom. The van der Waals surface area contributed by atoms with Gasteiger partial charge in [0.15, 0.2) is 0 Å². The van der Waals surface area contributed by atoms with Crippen LogP contribution in [0.4, 0.5) is 5.69 Å². The Labute approximate surface area is 131 Å². The van der Waals surface area contributed by atoms with Gasteiger partial charge in [0.2, 0.25) is 0 Å². The normalized spacial score (nSPS) is 11.3. The summed E-state index contributed by atoms with van der Waals surface area (Å²) in [7, 11) is -3.56. The fourth-order valence-electron chi connectivity index (χ4n) is 1.69.